The third kappa shape index (κ3) is 12.4. The van der Waals surface area contributed by atoms with Gasteiger partial charge in [0.15, 0.2) is 6.29 Å². The number of rotatable bonds is 13. The maximum atomic E-state index is 13.0. The van der Waals surface area contributed by atoms with Crippen LogP contribution in [0.3, 0.4) is 0 Å². The van der Waals surface area contributed by atoms with E-state index in [0.717, 1.165) is 10.7 Å². The topological polar surface area (TPSA) is 210 Å². The van der Waals surface area contributed by atoms with E-state index in [0.29, 0.717) is 25.7 Å². The summed E-state index contributed by atoms with van der Waals surface area (Å²) in [5.74, 6) is 0.593. The van der Waals surface area contributed by atoms with E-state index in [2.05, 4.69) is 16.0 Å². The molecule has 2 heterocycles. The zero-order valence-electron chi connectivity index (χ0n) is 32.9. The van der Waals surface area contributed by atoms with Crippen LogP contribution in [-0.4, -0.2) is 149 Å². The fourth-order valence-electron chi connectivity index (χ4n) is 6.80. The normalized spacial score (nSPS) is 34.8. The minimum atomic E-state index is -1.63. The van der Waals surface area contributed by atoms with Gasteiger partial charge in [0.05, 0.1) is 36.7 Å². The fraction of sp³-hybridized carbons (Fsp3) is 0.889. The molecule has 16 heteroatoms. The molecular weight excluding hydrogens is 680 g/mol. The Kier molecular flexibility index (Phi) is 15.6. The summed E-state index contributed by atoms with van der Waals surface area (Å²) in [6.07, 6.45) is -4.54. The third-order valence-electron chi connectivity index (χ3n) is 9.39. The van der Waals surface area contributed by atoms with Crippen LogP contribution in [-0.2, 0) is 28.4 Å². The van der Waals surface area contributed by atoms with E-state index in [4.69, 9.17) is 28.4 Å². The minimum absolute atomic E-state index is 0.152. The van der Waals surface area contributed by atoms with Crippen molar-refractivity contribution in [2.45, 2.75) is 166 Å². The van der Waals surface area contributed by atoms with Gasteiger partial charge in [0.2, 0.25) is 6.29 Å². The second kappa shape index (κ2) is 18.4. The summed E-state index contributed by atoms with van der Waals surface area (Å²) >= 11 is 0. The number of likely N-dealkylation sites (N-methyl/N-ethyl adjacent to an activating group) is 2. The molecule has 0 radical (unpaired) electrons. The number of carbonyl (C=O) groups excluding carboxylic acids is 2. The van der Waals surface area contributed by atoms with Crippen molar-refractivity contribution >= 4 is 12.2 Å². The number of amides is 2. The zero-order chi connectivity index (χ0) is 39.2. The third-order valence-corrected chi connectivity index (χ3v) is 9.39. The number of aliphatic hydroxyl groups excluding tert-OH is 3. The van der Waals surface area contributed by atoms with E-state index in [1.807, 2.05) is 19.9 Å². The zero-order valence-corrected chi connectivity index (χ0v) is 32.9. The minimum Gasteiger partial charge on any atom is -0.468 e. The molecule has 2 unspecified atom stereocenters. The molecule has 0 aromatic carbocycles. The number of hydrogen-bond donors (Lipinski definition) is 7. The Hall–Kier alpha value is -2.28. The smallest absolute Gasteiger partial charge is 0.410 e. The van der Waals surface area contributed by atoms with Crippen LogP contribution < -0.4 is 16.0 Å². The van der Waals surface area contributed by atoms with Gasteiger partial charge in [0, 0.05) is 32.6 Å². The molecule has 2 fully saturated rings. The average Bonchev–Trinajstić information content (AvgIpc) is 3.02. The number of aliphatic hydroxyl groups is 4. The van der Waals surface area contributed by atoms with Gasteiger partial charge in [0.25, 0.3) is 0 Å². The molecule has 0 aromatic heterocycles. The van der Waals surface area contributed by atoms with Crippen LogP contribution in [0.1, 0.15) is 88.0 Å². The van der Waals surface area contributed by atoms with Crippen molar-refractivity contribution in [3.63, 3.8) is 0 Å². The summed E-state index contributed by atoms with van der Waals surface area (Å²) in [6, 6.07) is -1.87. The van der Waals surface area contributed by atoms with Gasteiger partial charge < -0.3 is 69.7 Å². The lowest BCUT2D eigenvalue weighted by Gasteiger charge is -2.50. The summed E-state index contributed by atoms with van der Waals surface area (Å²) in [6.45, 7) is 16.1. The molecule has 16 nitrogen and oxygen atoms in total. The van der Waals surface area contributed by atoms with Crippen molar-refractivity contribution in [3.8, 4) is 0 Å². The predicted octanol–water partition coefficient (Wildman–Crippen LogP) is 1.72. The van der Waals surface area contributed by atoms with E-state index in [9.17, 15) is 30.0 Å². The molecule has 0 spiro atoms. The molecule has 3 aliphatic rings. The molecular formula is C36H66N4O12. The number of ether oxygens (including phenoxy) is 6. The van der Waals surface area contributed by atoms with Crippen LogP contribution in [0.15, 0.2) is 11.8 Å². The molecule has 12 atom stereocenters. The number of hydrogen-bond acceptors (Lipinski definition) is 14. The van der Waals surface area contributed by atoms with E-state index >= 15 is 0 Å². The van der Waals surface area contributed by atoms with E-state index in [1.54, 1.807) is 48.6 Å². The number of nitrogens with one attached hydrogen (secondary N) is 3. The monoisotopic (exact) mass is 746 g/mol. The largest absolute Gasteiger partial charge is 0.468 e. The Morgan fingerprint density at radius 2 is 1.67 bits per heavy atom. The number of carbonyl (C=O) groups is 2. The quantitative estimate of drug-likeness (QED) is 0.143. The second-order valence-corrected chi connectivity index (χ2v) is 16.5. The summed E-state index contributed by atoms with van der Waals surface area (Å²) in [5, 5.41) is 54.3. The van der Waals surface area contributed by atoms with Gasteiger partial charge >= 0.3 is 12.2 Å². The molecule has 1 aliphatic carbocycles. The van der Waals surface area contributed by atoms with Crippen molar-refractivity contribution in [3.05, 3.63) is 11.8 Å². The van der Waals surface area contributed by atoms with Crippen LogP contribution >= 0.6 is 0 Å². The molecule has 2 amide bonds. The van der Waals surface area contributed by atoms with Crippen molar-refractivity contribution in [2.24, 2.45) is 5.92 Å². The fourth-order valence-corrected chi connectivity index (χ4v) is 6.80. The highest BCUT2D eigenvalue weighted by molar-refractivity contribution is 5.68. The van der Waals surface area contributed by atoms with Crippen LogP contribution in [0, 0.1) is 5.92 Å². The first-order valence-corrected chi connectivity index (χ1v) is 18.4. The lowest BCUT2D eigenvalue weighted by atomic mass is 9.80. The van der Waals surface area contributed by atoms with Gasteiger partial charge in [-0.3, -0.25) is 0 Å². The van der Waals surface area contributed by atoms with Gasteiger partial charge in [-0.25, -0.2) is 9.59 Å². The highest BCUT2D eigenvalue weighted by atomic mass is 16.7. The molecule has 302 valence electrons. The van der Waals surface area contributed by atoms with Crippen molar-refractivity contribution in [1.29, 1.82) is 0 Å². The first-order chi connectivity index (χ1) is 24.1. The van der Waals surface area contributed by atoms with Crippen LogP contribution in [0.5, 0.6) is 0 Å². The lowest BCUT2D eigenvalue weighted by molar-refractivity contribution is -0.313. The lowest BCUT2D eigenvalue weighted by Crippen LogP contribution is -2.69. The first-order valence-electron chi connectivity index (χ1n) is 18.4. The molecule has 52 heavy (non-hydrogen) atoms. The predicted molar refractivity (Wildman–Crippen MR) is 191 cm³/mol. The van der Waals surface area contributed by atoms with Crippen molar-refractivity contribution in [2.75, 3.05) is 33.8 Å². The molecule has 0 bridgehead atoms. The van der Waals surface area contributed by atoms with E-state index in [-0.39, 0.29) is 37.7 Å². The van der Waals surface area contributed by atoms with Crippen molar-refractivity contribution in [1.82, 2.24) is 20.9 Å². The Bertz CT molecular complexity index is 1190. The van der Waals surface area contributed by atoms with Crippen LogP contribution in [0.4, 0.5) is 9.59 Å². The number of alkyl carbamates (subject to hydrolysis) is 1. The van der Waals surface area contributed by atoms with Gasteiger partial charge in [0.1, 0.15) is 35.1 Å². The standard InChI is InChI=1S/C36H66N4O12/c1-12-22-13-14-23(39-18-21(41)15-16-38-32(44)51-34(3,4)5)30(48-22)49-27-20(2)17-24(37-10)28(25(27)42)50-31-26(43)29(36(9,46)19-47-31)40(11)33(45)52-35(6,7)8/h13,20-21,23-31,37,39,41-43,46H,12,14-19H2,1-11H3,(H,38,44)/t20-,21?,23+,24+,25-,26+,27?,28-,29+,30+,31+,36-/m0/s1. The Morgan fingerprint density at radius 1 is 1.04 bits per heavy atom. The summed E-state index contributed by atoms with van der Waals surface area (Å²) < 4.78 is 35.6. The maximum absolute atomic E-state index is 13.0. The van der Waals surface area contributed by atoms with Gasteiger partial charge in [-0.2, -0.15) is 0 Å². The Morgan fingerprint density at radius 3 is 2.27 bits per heavy atom. The summed E-state index contributed by atoms with van der Waals surface area (Å²) in [7, 11) is 3.18. The number of nitrogens with zero attached hydrogens (tertiary/aromatic N) is 1. The molecule has 2 aliphatic heterocycles. The Balaban J connectivity index is 1.70. The second-order valence-electron chi connectivity index (χ2n) is 16.5. The SMILES string of the molecule is CCC1=CC[C@@H](NCC(O)CCNC(=O)OC(C)(C)C)[C@@H](OC2[C@@H](C)C[C@@H](NC)[C@H](O[C@H]3OC[C@](C)(O)[C@H](N(C)C(=O)OC(C)(C)C)[C@H]3O)[C@H]2O)O1. The van der Waals surface area contributed by atoms with Crippen LogP contribution in [0.2, 0.25) is 0 Å². The van der Waals surface area contributed by atoms with Gasteiger partial charge in [-0.05, 0) is 86.8 Å². The highest BCUT2D eigenvalue weighted by Crippen LogP contribution is 2.36. The first kappa shape index (κ1) is 44.1. The average molecular weight is 747 g/mol. The van der Waals surface area contributed by atoms with Crippen LogP contribution in [0.25, 0.3) is 0 Å². The van der Waals surface area contributed by atoms with Gasteiger partial charge in [-0.1, -0.05) is 13.8 Å². The van der Waals surface area contributed by atoms with E-state index < -0.39 is 78.1 Å². The molecule has 7 N–H and O–H groups in total. The molecule has 0 aromatic rings. The number of allylic oxidation sites excluding steroid dienone is 1. The highest BCUT2D eigenvalue weighted by Gasteiger charge is 2.53. The van der Waals surface area contributed by atoms with E-state index in [1.165, 1.54) is 14.0 Å². The maximum Gasteiger partial charge on any atom is 0.410 e. The molecule has 3 rings (SSSR count). The van der Waals surface area contributed by atoms with Gasteiger partial charge in [-0.15, -0.1) is 0 Å². The van der Waals surface area contributed by atoms with Crippen molar-refractivity contribution < 1.29 is 58.4 Å². The molecule has 1 saturated carbocycles. The Labute approximate surface area is 308 Å². The summed E-state index contributed by atoms with van der Waals surface area (Å²) in [4.78, 5) is 26.1. The summed E-state index contributed by atoms with van der Waals surface area (Å²) in [5.41, 5.74) is -3.05. The molecule has 1 saturated heterocycles.